The molecule has 0 aliphatic heterocycles. The fourth-order valence-corrected chi connectivity index (χ4v) is 7.35. The fourth-order valence-electron chi connectivity index (χ4n) is 1.67. The summed E-state index contributed by atoms with van der Waals surface area (Å²) >= 11 is -0.701. The van der Waals surface area contributed by atoms with Gasteiger partial charge in [-0.1, -0.05) is 0 Å². The van der Waals surface area contributed by atoms with Crippen LogP contribution in [-0.4, -0.2) is 27.0 Å². The summed E-state index contributed by atoms with van der Waals surface area (Å²) in [5.41, 5.74) is 4.87. The predicted molar refractivity (Wildman–Crippen MR) is 71.2 cm³/mol. The predicted octanol–water partition coefficient (Wildman–Crippen LogP) is 2.80. The van der Waals surface area contributed by atoms with E-state index in [0.29, 0.717) is 0 Å². The molecule has 0 saturated carbocycles. The quantitative estimate of drug-likeness (QED) is 0.583. The summed E-state index contributed by atoms with van der Waals surface area (Å²) in [7, 11) is 0.132. The van der Waals surface area contributed by atoms with Crippen LogP contribution in [0.25, 0.3) is 0 Å². The van der Waals surface area contributed by atoms with Crippen molar-refractivity contribution in [2.45, 2.75) is 25.3 Å². The summed E-state index contributed by atoms with van der Waals surface area (Å²) in [4.78, 5) is 0. The van der Waals surface area contributed by atoms with Gasteiger partial charge in [0, 0.05) is 0 Å². The molecule has 2 heteroatoms. The fraction of sp³-hybridized carbons (Fsp3) is 0.500. The molecule has 0 nitrogen and oxygen atoms in total. The van der Waals surface area contributed by atoms with E-state index in [2.05, 4.69) is 49.5 Å². The van der Waals surface area contributed by atoms with Crippen molar-refractivity contribution in [2.75, 3.05) is 12.3 Å². The third kappa shape index (κ3) is 2.85. The van der Waals surface area contributed by atoms with Crippen molar-refractivity contribution in [2.24, 2.45) is 0 Å². The molecule has 0 aromatic heterocycles. The molecule has 14 heavy (non-hydrogen) atoms. The Hall–Kier alpha value is 0.208. The normalized spacial score (nSPS) is 11.3. The summed E-state index contributed by atoms with van der Waals surface area (Å²) in [5, 5.41) is 1.69. The second-order valence-corrected chi connectivity index (χ2v) is 11.1. The van der Waals surface area contributed by atoms with Crippen molar-refractivity contribution in [3.05, 3.63) is 24.3 Å². The molecule has 0 unspecified atom stereocenters. The van der Waals surface area contributed by atoms with Gasteiger partial charge in [-0.25, -0.2) is 0 Å². The first-order chi connectivity index (χ1) is 6.70. The monoisotopic (exact) mass is 270 g/mol. The van der Waals surface area contributed by atoms with E-state index >= 15 is 0 Å². The van der Waals surface area contributed by atoms with Crippen LogP contribution in [0.2, 0.25) is 11.4 Å². The average molecular weight is 270 g/mol. The Kier molecular flexibility index (Phi) is 5.21. The van der Waals surface area contributed by atoms with Crippen LogP contribution in [0.15, 0.2) is 24.3 Å². The number of benzene rings is 1. The second kappa shape index (κ2) is 5.94. The second-order valence-electron chi connectivity index (χ2n) is 3.56. The topological polar surface area (TPSA) is 0 Å². The molecule has 0 aliphatic carbocycles. The van der Waals surface area contributed by atoms with Crippen LogP contribution in [0, 0.1) is 0 Å². The SMILES string of the molecule is CCP(CC)c1ccccc1[As](C)C. The summed E-state index contributed by atoms with van der Waals surface area (Å²) in [6.07, 6.45) is 2.68. The van der Waals surface area contributed by atoms with E-state index in [0.717, 1.165) is 0 Å². The minimum atomic E-state index is -0.701. The van der Waals surface area contributed by atoms with E-state index in [1.807, 2.05) is 0 Å². The molecule has 0 fully saturated rings. The van der Waals surface area contributed by atoms with Crippen molar-refractivity contribution in [3.63, 3.8) is 0 Å². The molecular formula is C12H20AsP. The van der Waals surface area contributed by atoms with E-state index in [-0.39, 0.29) is 7.92 Å². The molecule has 1 aromatic carbocycles. The molecule has 0 saturated heterocycles. The summed E-state index contributed by atoms with van der Waals surface area (Å²) in [6, 6.07) is 9.13. The maximum atomic E-state index is 2.44. The van der Waals surface area contributed by atoms with Gasteiger partial charge in [0.15, 0.2) is 0 Å². The first kappa shape index (κ1) is 12.3. The molecule has 0 radical (unpaired) electrons. The van der Waals surface area contributed by atoms with E-state index in [9.17, 15) is 0 Å². The Balaban J connectivity index is 3.05. The van der Waals surface area contributed by atoms with Gasteiger partial charge < -0.3 is 0 Å². The van der Waals surface area contributed by atoms with Gasteiger partial charge >= 0.3 is 94.1 Å². The molecule has 78 valence electrons. The van der Waals surface area contributed by atoms with Gasteiger partial charge in [-0.05, 0) is 0 Å². The number of rotatable bonds is 4. The van der Waals surface area contributed by atoms with Crippen LogP contribution in [0.5, 0.6) is 0 Å². The number of hydrogen-bond acceptors (Lipinski definition) is 0. The number of hydrogen-bond donors (Lipinski definition) is 0. The molecule has 0 spiro atoms. The van der Waals surface area contributed by atoms with Crippen molar-refractivity contribution in [1.82, 2.24) is 0 Å². The zero-order valence-corrected chi connectivity index (χ0v) is 12.4. The van der Waals surface area contributed by atoms with Crippen molar-refractivity contribution < 1.29 is 0 Å². The van der Waals surface area contributed by atoms with Crippen molar-refractivity contribution in [3.8, 4) is 0 Å². The molecule has 0 bridgehead atoms. The van der Waals surface area contributed by atoms with Crippen LogP contribution in [0.1, 0.15) is 13.8 Å². The van der Waals surface area contributed by atoms with Gasteiger partial charge in [-0.2, -0.15) is 0 Å². The van der Waals surface area contributed by atoms with Crippen LogP contribution in [0.4, 0.5) is 0 Å². The molecule has 1 aromatic rings. The van der Waals surface area contributed by atoms with Crippen molar-refractivity contribution >= 4 is 32.2 Å². The third-order valence-corrected chi connectivity index (χ3v) is 8.29. The Morgan fingerprint density at radius 1 is 1.07 bits per heavy atom. The summed E-state index contributed by atoms with van der Waals surface area (Å²) in [6.45, 7) is 4.66. The summed E-state index contributed by atoms with van der Waals surface area (Å²) in [5.74, 6) is 0. The van der Waals surface area contributed by atoms with Gasteiger partial charge in [0.1, 0.15) is 0 Å². The zero-order valence-electron chi connectivity index (χ0n) is 9.62. The summed E-state index contributed by atoms with van der Waals surface area (Å²) < 4.78 is 1.70. The van der Waals surface area contributed by atoms with E-state index in [1.54, 1.807) is 9.66 Å². The van der Waals surface area contributed by atoms with Gasteiger partial charge in [0.2, 0.25) is 0 Å². The first-order valence-corrected chi connectivity index (χ1v) is 11.6. The molecule has 1 rings (SSSR count). The van der Waals surface area contributed by atoms with Gasteiger partial charge in [-0.3, -0.25) is 0 Å². The molecular weight excluding hydrogens is 250 g/mol. The van der Waals surface area contributed by atoms with Crippen LogP contribution in [-0.2, 0) is 0 Å². The van der Waals surface area contributed by atoms with Crippen LogP contribution < -0.4 is 9.66 Å². The average Bonchev–Trinajstić information content (AvgIpc) is 2.20. The first-order valence-electron chi connectivity index (χ1n) is 5.22. The zero-order chi connectivity index (χ0) is 10.6. The third-order valence-electron chi connectivity index (χ3n) is 2.47. The Morgan fingerprint density at radius 3 is 2.14 bits per heavy atom. The molecule has 0 heterocycles. The van der Waals surface area contributed by atoms with Crippen molar-refractivity contribution in [1.29, 1.82) is 0 Å². The molecule has 0 amide bonds. The molecule has 0 aliphatic rings. The van der Waals surface area contributed by atoms with Crippen LogP contribution in [0.3, 0.4) is 0 Å². The van der Waals surface area contributed by atoms with E-state index in [4.69, 9.17) is 0 Å². The maximum absolute atomic E-state index is 2.44. The minimum absolute atomic E-state index is 0.132. The van der Waals surface area contributed by atoms with E-state index < -0.39 is 14.7 Å². The Morgan fingerprint density at radius 2 is 1.64 bits per heavy atom. The van der Waals surface area contributed by atoms with Gasteiger partial charge in [0.05, 0.1) is 0 Å². The van der Waals surface area contributed by atoms with Crippen LogP contribution >= 0.6 is 7.92 Å². The van der Waals surface area contributed by atoms with Gasteiger partial charge in [-0.15, -0.1) is 0 Å². The molecule has 0 N–H and O–H groups in total. The Bertz CT molecular complexity index is 279. The van der Waals surface area contributed by atoms with Gasteiger partial charge in [0.25, 0.3) is 0 Å². The van der Waals surface area contributed by atoms with E-state index in [1.165, 1.54) is 12.3 Å². The Labute approximate surface area is 94.1 Å². The standard InChI is InChI=1S/C12H20AsP/c1-5-14(6-2)12-10-8-7-9-11(12)13(3)4/h7-10H,5-6H2,1-4H3. The molecule has 0 atom stereocenters.